The Labute approximate surface area is 172 Å². The number of carbonyl (C=O) groups excluding carboxylic acids is 2. The molecule has 1 saturated heterocycles. The summed E-state index contributed by atoms with van der Waals surface area (Å²) in [7, 11) is 0. The molecule has 5 fully saturated rings. The first-order chi connectivity index (χ1) is 14.0. The molecule has 162 valence electrons. The average Bonchev–Trinajstić information content (AvgIpc) is 2.71. The highest BCUT2D eigenvalue weighted by Gasteiger charge is 2.62. The number of nitrogens with one attached hydrogen (secondary N) is 2. The topological polar surface area (TPSA) is 85.9 Å². The zero-order valence-corrected chi connectivity index (χ0v) is 17.4. The van der Waals surface area contributed by atoms with Crippen molar-refractivity contribution in [3.8, 4) is 0 Å². The zero-order chi connectivity index (χ0) is 20.3. The number of rotatable bonds is 9. The summed E-state index contributed by atoms with van der Waals surface area (Å²) in [5, 5.41) is 6.02. The summed E-state index contributed by atoms with van der Waals surface area (Å²) in [6.45, 7) is 4.26. The van der Waals surface area contributed by atoms with E-state index in [1.807, 2.05) is 6.92 Å². The van der Waals surface area contributed by atoms with Gasteiger partial charge in [-0.05, 0) is 69.9 Å². The zero-order valence-electron chi connectivity index (χ0n) is 17.4. The van der Waals surface area contributed by atoms with E-state index in [4.69, 9.17) is 14.5 Å². The van der Waals surface area contributed by atoms with Crippen LogP contribution in [0.1, 0.15) is 51.9 Å². The highest BCUT2D eigenvalue weighted by atomic mass is 17.2. The molecule has 1 heterocycles. The molecule has 1 spiro atoms. The van der Waals surface area contributed by atoms with Crippen LogP contribution in [0.15, 0.2) is 12.2 Å². The lowest BCUT2D eigenvalue weighted by Crippen LogP contribution is -2.64. The molecule has 0 aromatic carbocycles. The van der Waals surface area contributed by atoms with Crippen LogP contribution in [0.25, 0.3) is 0 Å². The van der Waals surface area contributed by atoms with E-state index < -0.39 is 11.4 Å². The highest BCUT2D eigenvalue weighted by molar-refractivity contribution is 5.87. The van der Waals surface area contributed by atoms with Gasteiger partial charge < -0.3 is 20.2 Å². The summed E-state index contributed by atoms with van der Waals surface area (Å²) < 4.78 is 6.37. The third-order valence-electron chi connectivity index (χ3n) is 7.09. The van der Waals surface area contributed by atoms with Gasteiger partial charge >= 0.3 is 0 Å². The largest absolute Gasteiger partial charge is 0.351 e. The maximum atomic E-state index is 12.0. The van der Waals surface area contributed by atoms with Crippen molar-refractivity contribution in [2.45, 2.75) is 63.3 Å². The second-order valence-electron chi connectivity index (χ2n) is 9.48. The predicted molar refractivity (Wildman–Crippen MR) is 107 cm³/mol. The summed E-state index contributed by atoms with van der Waals surface area (Å²) in [4.78, 5) is 34.1. The van der Waals surface area contributed by atoms with E-state index in [1.165, 1.54) is 38.2 Å². The minimum Gasteiger partial charge on any atom is -0.351 e. The van der Waals surface area contributed by atoms with Crippen LogP contribution in [0.4, 0.5) is 0 Å². The fourth-order valence-corrected chi connectivity index (χ4v) is 5.77. The molecular formula is C22H34N2O5. The standard InChI is InChI=1S/C22H34N2O5/c1-21(5-4-20(26)24-8-7-23-6-2-3-9-25)15-27-22(29-28-21)18-11-16-10-17(13-18)14-19(22)12-16/h4-5,9,16-19,23H,2-3,6-8,10-15H2,1H3,(H,24,26)/b5-4+. The van der Waals surface area contributed by atoms with Crippen molar-refractivity contribution in [1.82, 2.24) is 10.6 Å². The molecule has 1 unspecified atom stereocenters. The van der Waals surface area contributed by atoms with E-state index in [0.717, 1.165) is 31.1 Å². The molecule has 4 saturated carbocycles. The van der Waals surface area contributed by atoms with E-state index in [1.54, 1.807) is 6.08 Å². The molecule has 29 heavy (non-hydrogen) atoms. The van der Waals surface area contributed by atoms with Crippen molar-refractivity contribution in [1.29, 1.82) is 0 Å². The number of hydrogen-bond donors (Lipinski definition) is 2. The maximum absolute atomic E-state index is 12.0. The van der Waals surface area contributed by atoms with Crippen LogP contribution >= 0.6 is 0 Å². The van der Waals surface area contributed by atoms with Crippen LogP contribution in [0.3, 0.4) is 0 Å². The summed E-state index contributed by atoms with van der Waals surface area (Å²) in [6.07, 6.45) is 11.7. The molecule has 1 amide bonds. The van der Waals surface area contributed by atoms with E-state index in [0.29, 0.717) is 38.0 Å². The molecule has 2 N–H and O–H groups in total. The summed E-state index contributed by atoms with van der Waals surface area (Å²) >= 11 is 0. The van der Waals surface area contributed by atoms with Gasteiger partial charge in [0.25, 0.3) is 0 Å². The van der Waals surface area contributed by atoms with Crippen LogP contribution in [0.5, 0.6) is 0 Å². The molecule has 0 aromatic heterocycles. The molecule has 5 rings (SSSR count). The Morgan fingerprint density at radius 2 is 1.76 bits per heavy atom. The quantitative estimate of drug-likeness (QED) is 0.264. The van der Waals surface area contributed by atoms with E-state index in [2.05, 4.69) is 10.6 Å². The Morgan fingerprint density at radius 1 is 1.03 bits per heavy atom. The lowest BCUT2D eigenvalue weighted by atomic mass is 9.53. The number of hydrogen-bond acceptors (Lipinski definition) is 6. The minimum atomic E-state index is -0.760. The van der Waals surface area contributed by atoms with Crippen molar-refractivity contribution in [2.75, 3.05) is 26.2 Å². The van der Waals surface area contributed by atoms with Gasteiger partial charge in [-0.2, -0.15) is 4.89 Å². The molecule has 1 aliphatic heterocycles. The predicted octanol–water partition coefficient (Wildman–Crippen LogP) is 2.12. The SMILES string of the molecule is CC1(/C=C/C(=O)NCCNCCCC=O)COC2(OO1)C1CC3CC(C1)CC2C3. The lowest BCUT2D eigenvalue weighted by molar-refractivity contribution is -0.536. The number of carbonyl (C=O) groups is 2. The van der Waals surface area contributed by atoms with Gasteiger partial charge in [-0.1, -0.05) is 0 Å². The molecule has 7 heteroatoms. The Balaban J connectivity index is 1.21. The first-order valence-corrected chi connectivity index (χ1v) is 11.2. The van der Waals surface area contributed by atoms with E-state index >= 15 is 0 Å². The second kappa shape index (κ2) is 8.84. The Bertz CT molecular complexity index is 597. The number of unbranched alkanes of at least 4 members (excludes halogenated alkanes) is 1. The van der Waals surface area contributed by atoms with Crippen LogP contribution in [-0.4, -0.2) is 49.8 Å². The molecule has 0 radical (unpaired) electrons. The summed E-state index contributed by atoms with van der Waals surface area (Å²) in [5.41, 5.74) is -0.760. The third kappa shape index (κ3) is 4.58. The molecule has 1 atom stereocenters. The van der Waals surface area contributed by atoms with Gasteiger partial charge in [0.1, 0.15) is 11.9 Å². The van der Waals surface area contributed by atoms with Gasteiger partial charge in [0, 0.05) is 37.4 Å². The van der Waals surface area contributed by atoms with Gasteiger partial charge in [0.15, 0.2) is 0 Å². The van der Waals surface area contributed by atoms with Crippen LogP contribution in [-0.2, 0) is 24.1 Å². The first-order valence-electron chi connectivity index (χ1n) is 11.2. The Hall–Kier alpha value is -1.28. The summed E-state index contributed by atoms with van der Waals surface area (Å²) in [6, 6.07) is 0. The van der Waals surface area contributed by atoms with E-state index in [9.17, 15) is 9.59 Å². The molecule has 5 aliphatic rings. The normalized spacial score (nSPS) is 40.6. The van der Waals surface area contributed by atoms with Crippen LogP contribution in [0.2, 0.25) is 0 Å². The monoisotopic (exact) mass is 406 g/mol. The smallest absolute Gasteiger partial charge is 0.243 e. The molecule has 4 aliphatic carbocycles. The molecule has 7 nitrogen and oxygen atoms in total. The van der Waals surface area contributed by atoms with Crippen molar-refractivity contribution >= 4 is 12.2 Å². The van der Waals surface area contributed by atoms with Crippen molar-refractivity contribution in [2.24, 2.45) is 23.7 Å². The molecular weight excluding hydrogens is 372 g/mol. The van der Waals surface area contributed by atoms with Gasteiger partial charge in [0.05, 0.1) is 6.61 Å². The first kappa shape index (κ1) is 21.0. The van der Waals surface area contributed by atoms with Crippen LogP contribution < -0.4 is 10.6 Å². The maximum Gasteiger partial charge on any atom is 0.243 e. The van der Waals surface area contributed by atoms with Gasteiger partial charge in [-0.15, -0.1) is 0 Å². The van der Waals surface area contributed by atoms with Crippen LogP contribution in [0, 0.1) is 23.7 Å². The van der Waals surface area contributed by atoms with E-state index in [-0.39, 0.29) is 5.91 Å². The Morgan fingerprint density at radius 3 is 2.38 bits per heavy atom. The van der Waals surface area contributed by atoms with Gasteiger partial charge in [-0.3, -0.25) is 4.79 Å². The number of ether oxygens (including phenoxy) is 1. The van der Waals surface area contributed by atoms with Crippen molar-refractivity contribution in [3.05, 3.63) is 12.2 Å². The Kier molecular flexibility index (Phi) is 6.39. The number of aldehydes is 1. The third-order valence-corrected chi connectivity index (χ3v) is 7.09. The van der Waals surface area contributed by atoms with Gasteiger partial charge in [-0.25, -0.2) is 4.89 Å². The summed E-state index contributed by atoms with van der Waals surface area (Å²) in [5.74, 6) is 1.82. The van der Waals surface area contributed by atoms with Crippen molar-refractivity contribution in [3.63, 3.8) is 0 Å². The molecule has 0 aromatic rings. The number of amides is 1. The highest BCUT2D eigenvalue weighted by Crippen LogP contribution is 2.61. The fourth-order valence-electron chi connectivity index (χ4n) is 5.77. The van der Waals surface area contributed by atoms with Gasteiger partial charge in [0.2, 0.25) is 11.7 Å². The van der Waals surface area contributed by atoms with Crippen molar-refractivity contribution < 1.29 is 24.1 Å². The minimum absolute atomic E-state index is 0.167. The fraction of sp³-hybridized carbons (Fsp3) is 0.818. The lowest BCUT2D eigenvalue weighted by Gasteiger charge is -2.61. The average molecular weight is 407 g/mol. The molecule has 4 bridgehead atoms. The second-order valence-corrected chi connectivity index (χ2v) is 9.48.